The van der Waals surface area contributed by atoms with E-state index in [-0.39, 0.29) is 11.8 Å². The molecule has 1 aromatic carbocycles. The number of halogens is 1. The Hall–Kier alpha value is -1.13. The minimum absolute atomic E-state index is 0.230. The number of carbonyl (C=O) groups excluding carboxylic acids is 1. The summed E-state index contributed by atoms with van der Waals surface area (Å²) in [5, 5.41) is 1.59. The van der Waals surface area contributed by atoms with Crippen LogP contribution in [0.3, 0.4) is 0 Å². The molecule has 0 unspecified atom stereocenters. The fraction of sp³-hybridized carbons (Fsp3) is 0.556. The number of amides is 1. The molecule has 0 saturated heterocycles. The van der Waals surface area contributed by atoms with E-state index >= 15 is 0 Å². The number of rotatable bonds is 4. The van der Waals surface area contributed by atoms with Gasteiger partial charge in [0.25, 0.3) is 0 Å². The van der Waals surface area contributed by atoms with E-state index in [0.717, 1.165) is 45.3 Å². The lowest BCUT2D eigenvalue weighted by Crippen LogP contribution is -2.36. The Morgan fingerprint density at radius 3 is 2.74 bits per heavy atom. The van der Waals surface area contributed by atoms with Crippen LogP contribution in [0.1, 0.15) is 44.1 Å². The maximum atomic E-state index is 12.8. The third-order valence-electron chi connectivity index (χ3n) is 4.98. The number of aryl methyl sites for hydroxylation is 1. The molecule has 2 fully saturated rings. The summed E-state index contributed by atoms with van der Waals surface area (Å²) in [5.41, 5.74) is 2.06. The summed E-state index contributed by atoms with van der Waals surface area (Å²) in [6.45, 7) is 2.86. The summed E-state index contributed by atoms with van der Waals surface area (Å²) in [5.74, 6) is 1.14. The van der Waals surface area contributed by atoms with Crippen LogP contribution in [0, 0.1) is 18.8 Å². The summed E-state index contributed by atoms with van der Waals surface area (Å²) in [7, 11) is 0. The van der Waals surface area contributed by atoms with Gasteiger partial charge in [-0.15, -0.1) is 0 Å². The second-order valence-corrected chi connectivity index (χ2v) is 8.39. The Bertz CT molecular complexity index is 747. The molecule has 2 aliphatic carbocycles. The molecule has 2 aliphatic rings. The second kappa shape index (κ2) is 6.06. The van der Waals surface area contributed by atoms with E-state index in [0.29, 0.717) is 5.92 Å². The molecule has 2 aromatic rings. The van der Waals surface area contributed by atoms with E-state index in [9.17, 15) is 4.79 Å². The van der Waals surface area contributed by atoms with Gasteiger partial charge in [-0.2, -0.15) is 0 Å². The monoisotopic (exact) mass is 348 g/mol. The Labute approximate surface area is 145 Å². The van der Waals surface area contributed by atoms with Gasteiger partial charge in [-0.05, 0) is 56.2 Å². The van der Waals surface area contributed by atoms with E-state index in [4.69, 9.17) is 16.6 Å². The van der Waals surface area contributed by atoms with E-state index in [1.54, 1.807) is 11.3 Å². The standard InChI is InChI=1S/C18H21ClN2OS/c1-11-8-14(19)9-15-16(11)20-18(23-15)21(17(22)13-6-7-13)10-12-4-2-3-5-12/h8-9,12-13H,2-7,10H2,1H3. The van der Waals surface area contributed by atoms with Crippen molar-refractivity contribution in [3.8, 4) is 0 Å². The normalized spacial score (nSPS) is 18.7. The van der Waals surface area contributed by atoms with Gasteiger partial charge in [0.2, 0.25) is 5.91 Å². The fourth-order valence-electron chi connectivity index (χ4n) is 3.52. The molecule has 0 radical (unpaired) electrons. The summed E-state index contributed by atoms with van der Waals surface area (Å²) < 4.78 is 1.07. The number of aromatic nitrogens is 1. The van der Waals surface area contributed by atoms with Crippen LogP contribution in [0.2, 0.25) is 5.02 Å². The summed E-state index contributed by atoms with van der Waals surface area (Å²) in [4.78, 5) is 19.6. The minimum Gasteiger partial charge on any atom is -0.288 e. The molecule has 23 heavy (non-hydrogen) atoms. The molecule has 0 aliphatic heterocycles. The van der Waals surface area contributed by atoms with Crippen LogP contribution < -0.4 is 4.90 Å². The Balaban J connectivity index is 1.69. The zero-order valence-corrected chi connectivity index (χ0v) is 14.9. The molecule has 1 amide bonds. The van der Waals surface area contributed by atoms with Crippen LogP contribution in [-0.4, -0.2) is 17.4 Å². The van der Waals surface area contributed by atoms with Gasteiger partial charge in [-0.25, -0.2) is 4.98 Å². The molecule has 0 N–H and O–H groups in total. The first-order valence-electron chi connectivity index (χ1n) is 8.50. The van der Waals surface area contributed by atoms with Gasteiger partial charge in [-0.1, -0.05) is 35.8 Å². The number of fused-ring (bicyclic) bond motifs is 1. The lowest BCUT2D eigenvalue weighted by Gasteiger charge is -2.23. The molecule has 1 heterocycles. The van der Waals surface area contributed by atoms with Crippen molar-refractivity contribution in [3.63, 3.8) is 0 Å². The minimum atomic E-state index is 0.230. The van der Waals surface area contributed by atoms with E-state index in [2.05, 4.69) is 0 Å². The van der Waals surface area contributed by atoms with Gasteiger partial charge in [0, 0.05) is 17.5 Å². The Morgan fingerprint density at radius 1 is 1.30 bits per heavy atom. The number of benzene rings is 1. The van der Waals surface area contributed by atoms with Crippen LogP contribution in [0.25, 0.3) is 10.2 Å². The first kappa shape index (κ1) is 15.4. The first-order chi connectivity index (χ1) is 11.1. The number of carbonyl (C=O) groups is 1. The van der Waals surface area contributed by atoms with Crippen LogP contribution >= 0.6 is 22.9 Å². The first-order valence-corrected chi connectivity index (χ1v) is 9.69. The SMILES string of the molecule is Cc1cc(Cl)cc2sc(N(CC3CCCC3)C(=O)C3CC3)nc12. The molecule has 2 saturated carbocycles. The maximum Gasteiger partial charge on any atom is 0.231 e. The summed E-state index contributed by atoms with van der Waals surface area (Å²) in [6, 6.07) is 3.90. The van der Waals surface area contributed by atoms with E-state index < -0.39 is 0 Å². The van der Waals surface area contributed by atoms with Crippen molar-refractivity contribution >= 4 is 44.2 Å². The highest BCUT2D eigenvalue weighted by Gasteiger charge is 2.36. The topological polar surface area (TPSA) is 33.2 Å². The average Bonchev–Trinajstić information content (AvgIpc) is 3.06. The van der Waals surface area contributed by atoms with Crippen LogP contribution in [-0.2, 0) is 4.79 Å². The molecule has 122 valence electrons. The highest BCUT2D eigenvalue weighted by molar-refractivity contribution is 7.22. The van der Waals surface area contributed by atoms with Crippen LogP contribution in [0.4, 0.5) is 5.13 Å². The second-order valence-electron chi connectivity index (χ2n) is 6.94. The van der Waals surface area contributed by atoms with Gasteiger partial charge in [0.15, 0.2) is 5.13 Å². The zero-order valence-electron chi connectivity index (χ0n) is 13.3. The third kappa shape index (κ3) is 3.11. The molecular weight excluding hydrogens is 328 g/mol. The van der Waals surface area contributed by atoms with E-state index in [1.807, 2.05) is 24.0 Å². The van der Waals surface area contributed by atoms with Crippen LogP contribution in [0.15, 0.2) is 12.1 Å². The maximum absolute atomic E-state index is 12.8. The van der Waals surface area contributed by atoms with E-state index in [1.165, 1.54) is 25.7 Å². The average molecular weight is 349 g/mol. The molecule has 5 heteroatoms. The molecule has 0 spiro atoms. The zero-order chi connectivity index (χ0) is 16.0. The lowest BCUT2D eigenvalue weighted by molar-refractivity contribution is -0.119. The van der Waals surface area contributed by atoms with Crippen molar-refractivity contribution in [2.45, 2.75) is 45.4 Å². The highest BCUT2D eigenvalue weighted by atomic mass is 35.5. The largest absolute Gasteiger partial charge is 0.288 e. The summed E-state index contributed by atoms with van der Waals surface area (Å²) >= 11 is 7.77. The summed E-state index contributed by atoms with van der Waals surface area (Å²) in [6.07, 6.45) is 7.15. The number of thiazole rings is 1. The molecule has 3 nitrogen and oxygen atoms in total. The Morgan fingerprint density at radius 2 is 2.04 bits per heavy atom. The van der Waals surface area contributed by atoms with Gasteiger partial charge < -0.3 is 0 Å². The smallest absolute Gasteiger partial charge is 0.231 e. The quantitative estimate of drug-likeness (QED) is 0.761. The van der Waals surface area contributed by atoms with Crippen molar-refractivity contribution in [3.05, 3.63) is 22.7 Å². The number of anilines is 1. The van der Waals surface area contributed by atoms with Crippen molar-refractivity contribution in [1.82, 2.24) is 4.98 Å². The molecule has 0 atom stereocenters. The Kier molecular flexibility index (Phi) is 4.06. The predicted octanol–water partition coefficient (Wildman–Crippen LogP) is 5.19. The predicted molar refractivity (Wildman–Crippen MR) is 96.4 cm³/mol. The van der Waals surface area contributed by atoms with Gasteiger partial charge in [0.05, 0.1) is 10.2 Å². The third-order valence-corrected chi connectivity index (χ3v) is 6.22. The van der Waals surface area contributed by atoms with Crippen molar-refractivity contribution in [2.75, 3.05) is 11.4 Å². The van der Waals surface area contributed by atoms with Gasteiger partial charge >= 0.3 is 0 Å². The lowest BCUT2D eigenvalue weighted by atomic mass is 10.1. The molecule has 1 aromatic heterocycles. The van der Waals surface area contributed by atoms with Crippen molar-refractivity contribution in [1.29, 1.82) is 0 Å². The van der Waals surface area contributed by atoms with Crippen LogP contribution in [0.5, 0.6) is 0 Å². The number of hydrogen-bond acceptors (Lipinski definition) is 3. The molecule has 4 rings (SSSR count). The van der Waals surface area contributed by atoms with Gasteiger partial charge in [-0.3, -0.25) is 9.69 Å². The number of hydrogen-bond donors (Lipinski definition) is 0. The molecular formula is C18H21ClN2OS. The van der Waals surface area contributed by atoms with Crippen molar-refractivity contribution < 1.29 is 4.79 Å². The molecule has 0 bridgehead atoms. The highest BCUT2D eigenvalue weighted by Crippen LogP contribution is 2.38. The van der Waals surface area contributed by atoms with Crippen molar-refractivity contribution in [2.24, 2.45) is 11.8 Å². The fourth-order valence-corrected chi connectivity index (χ4v) is 4.96. The van der Waals surface area contributed by atoms with Gasteiger partial charge in [0.1, 0.15) is 0 Å². The number of nitrogens with zero attached hydrogens (tertiary/aromatic N) is 2.